The Morgan fingerprint density at radius 3 is 2.32 bits per heavy atom. The van der Waals surface area contributed by atoms with E-state index in [0.717, 1.165) is 37.7 Å². The molecule has 0 aliphatic rings. The van der Waals surface area contributed by atoms with Crippen LogP contribution >= 0.6 is 0 Å². The largest absolute Gasteiger partial charge is 0.423 e. The third-order valence-corrected chi connectivity index (χ3v) is 5.39. The van der Waals surface area contributed by atoms with Gasteiger partial charge in [0.05, 0.1) is 34.8 Å². The number of H-pyrrole nitrogens is 1. The van der Waals surface area contributed by atoms with Gasteiger partial charge >= 0.3 is 6.18 Å². The normalized spacial score (nSPS) is 11.3. The van der Waals surface area contributed by atoms with Crippen LogP contribution in [-0.2, 0) is 12.7 Å². The second-order valence-electron chi connectivity index (χ2n) is 8.06. The number of pyridine rings is 2. The highest BCUT2D eigenvalue weighted by molar-refractivity contribution is 5.86. The van der Waals surface area contributed by atoms with Crippen LogP contribution in [0.4, 0.5) is 33.3 Å². The standard InChI is InChI=1S/C19H19F2N3O.C5H4F3N3O/c1-2-3-4-6-24-7-5-12-8-14(15(20)9-13(12)19(24)25)18-10-16(21)17(22)11-23-18;6-5(7,8)3-2(9)1-10-11-4(3)12/h5,7-11H,2-4,6,22H2,1H3;1H,(H3,9,11,12). The number of hydrogen-bond donors (Lipinski definition) is 3. The quantitative estimate of drug-likeness (QED) is 0.261. The van der Waals surface area contributed by atoms with Crippen molar-refractivity contribution in [2.24, 2.45) is 0 Å². The first-order valence-corrected chi connectivity index (χ1v) is 11.1. The highest BCUT2D eigenvalue weighted by atomic mass is 19.4. The molecule has 37 heavy (non-hydrogen) atoms. The maximum atomic E-state index is 14.5. The zero-order valence-corrected chi connectivity index (χ0v) is 19.6. The van der Waals surface area contributed by atoms with Crippen LogP contribution in [-0.4, -0.2) is 19.7 Å². The van der Waals surface area contributed by atoms with E-state index >= 15 is 0 Å². The topological polar surface area (TPSA) is 133 Å². The van der Waals surface area contributed by atoms with E-state index in [1.807, 2.05) is 0 Å². The number of unbranched alkanes of at least 4 members (excludes halogenated alkanes) is 2. The second-order valence-corrected chi connectivity index (χ2v) is 8.06. The van der Waals surface area contributed by atoms with Gasteiger partial charge in [-0.2, -0.15) is 18.3 Å². The van der Waals surface area contributed by atoms with Gasteiger partial charge < -0.3 is 16.0 Å². The minimum Gasteiger partial charge on any atom is -0.397 e. The monoisotopic (exact) mass is 522 g/mol. The van der Waals surface area contributed by atoms with Gasteiger partial charge in [-0.1, -0.05) is 19.8 Å². The smallest absolute Gasteiger partial charge is 0.397 e. The van der Waals surface area contributed by atoms with Crippen LogP contribution in [0.5, 0.6) is 0 Å². The molecule has 8 nitrogen and oxygen atoms in total. The van der Waals surface area contributed by atoms with Crippen LogP contribution in [0.2, 0.25) is 0 Å². The van der Waals surface area contributed by atoms with E-state index in [4.69, 9.17) is 11.5 Å². The molecule has 4 aromatic rings. The summed E-state index contributed by atoms with van der Waals surface area (Å²) >= 11 is 0. The lowest BCUT2D eigenvalue weighted by Crippen LogP contribution is -2.24. The van der Waals surface area contributed by atoms with Crippen molar-refractivity contribution in [2.45, 2.75) is 38.9 Å². The highest BCUT2D eigenvalue weighted by Gasteiger charge is 2.36. The molecule has 3 heterocycles. The predicted molar refractivity (Wildman–Crippen MR) is 130 cm³/mol. The maximum Gasteiger partial charge on any atom is 0.423 e. The van der Waals surface area contributed by atoms with E-state index in [9.17, 15) is 31.5 Å². The Bertz CT molecular complexity index is 1530. The molecule has 0 unspecified atom stereocenters. The lowest BCUT2D eigenvalue weighted by Gasteiger charge is -2.09. The van der Waals surface area contributed by atoms with Crippen LogP contribution in [0.3, 0.4) is 0 Å². The van der Waals surface area contributed by atoms with Crippen molar-refractivity contribution in [1.82, 2.24) is 19.7 Å². The minimum absolute atomic E-state index is 0.0973. The molecular formula is C24H23F5N6O2. The van der Waals surface area contributed by atoms with Gasteiger partial charge in [0.1, 0.15) is 17.2 Å². The van der Waals surface area contributed by atoms with Crippen molar-refractivity contribution in [3.63, 3.8) is 0 Å². The molecular weight excluding hydrogens is 499 g/mol. The molecule has 0 spiro atoms. The van der Waals surface area contributed by atoms with Crippen molar-refractivity contribution >= 4 is 22.1 Å². The Hall–Kier alpha value is -4.29. The third kappa shape index (κ3) is 6.29. The van der Waals surface area contributed by atoms with Crippen molar-refractivity contribution in [3.8, 4) is 11.3 Å². The Morgan fingerprint density at radius 1 is 1.00 bits per heavy atom. The summed E-state index contributed by atoms with van der Waals surface area (Å²) in [6.07, 6.45) is 1.86. The maximum absolute atomic E-state index is 14.5. The molecule has 0 saturated carbocycles. The Balaban J connectivity index is 0.000000266. The SMILES string of the molecule is CCCCCn1ccc2cc(-c3cc(F)c(N)cn3)c(F)cc2c1=O.Nc1cn[nH]c(=O)c1C(F)(F)F. The van der Waals surface area contributed by atoms with Crippen molar-refractivity contribution < 1.29 is 22.0 Å². The van der Waals surface area contributed by atoms with E-state index in [1.165, 1.54) is 12.1 Å². The number of nitrogens with two attached hydrogens (primary N) is 2. The van der Waals surface area contributed by atoms with E-state index < -0.39 is 34.6 Å². The van der Waals surface area contributed by atoms with Gasteiger partial charge in [-0.15, -0.1) is 0 Å². The van der Waals surface area contributed by atoms with Crippen molar-refractivity contribution in [2.75, 3.05) is 11.5 Å². The molecule has 0 bridgehead atoms. The summed E-state index contributed by atoms with van der Waals surface area (Å²) in [6, 6.07) is 5.56. The fourth-order valence-electron chi connectivity index (χ4n) is 3.50. The van der Waals surface area contributed by atoms with Crippen LogP contribution in [0, 0.1) is 11.6 Å². The van der Waals surface area contributed by atoms with Crippen LogP contribution < -0.4 is 22.6 Å². The average molecular weight is 522 g/mol. The molecule has 13 heteroatoms. The summed E-state index contributed by atoms with van der Waals surface area (Å²) < 4.78 is 65.7. The number of rotatable bonds is 5. The van der Waals surface area contributed by atoms with Gasteiger partial charge in [0, 0.05) is 24.4 Å². The molecule has 4 rings (SSSR count). The van der Waals surface area contributed by atoms with Gasteiger partial charge in [-0.25, -0.2) is 13.9 Å². The predicted octanol–water partition coefficient (Wildman–Crippen LogP) is 4.49. The summed E-state index contributed by atoms with van der Waals surface area (Å²) in [5.74, 6) is -1.27. The zero-order valence-electron chi connectivity index (χ0n) is 19.6. The van der Waals surface area contributed by atoms with E-state index in [0.29, 0.717) is 17.3 Å². The number of aryl methyl sites for hydroxylation is 1. The number of hydrogen-bond acceptors (Lipinski definition) is 6. The number of anilines is 2. The van der Waals surface area contributed by atoms with Gasteiger partial charge in [0.2, 0.25) is 0 Å². The van der Waals surface area contributed by atoms with Gasteiger partial charge in [-0.05, 0) is 30.0 Å². The summed E-state index contributed by atoms with van der Waals surface area (Å²) in [4.78, 5) is 27.1. The molecule has 1 aromatic carbocycles. The van der Waals surface area contributed by atoms with Crippen molar-refractivity contribution in [3.05, 3.63) is 80.8 Å². The zero-order chi connectivity index (χ0) is 27.3. The molecule has 0 atom stereocenters. The fraction of sp³-hybridized carbons (Fsp3) is 0.250. The Labute approximate surface area is 206 Å². The van der Waals surface area contributed by atoms with Crippen LogP contribution in [0.1, 0.15) is 31.7 Å². The number of halogens is 5. The second kappa shape index (κ2) is 11.2. The first-order chi connectivity index (χ1) is 17.4. The number of aromatic nitrogens is 4. The van der Waals surface area contributed by atoms with Crippen LogP contribution in [0.25, 0.3) is 22.0 Å². The third-order valence-electron chi connectivity index (χ3n) is 5.39. The molecule has 0 aliphatic heterocycles. The summed E-state index contributed by atoms with van der Waals surface area (Å²) in [5, 5.41) is 5.63. The highest BCUT2D eigenvalue weighted by Crippen LogP contribution is 2.29. The Morgan fingerprint density at radius 2 is 1.73 bits per heavy atom. The first-order valence-electron chi connectivity index (χ1n) is 11.1. The molecule has 0 radical (unpaired) electrons. The van der Waals surface area contributed by atoms with Crippen molar-refractivity contribution in [1.29, 1.82) is 0 Å². The van der Waals surface area contributed by atoms with E-state index in [-0.39, 0.29) is 22.5 Å². The summed E-state index contributed by atoms with van der Waals surface area (Å²) in [6.45, 7) is 2.70. The fourth-order valence-corrected chi connectivity index (χ4v) is 3.50. The lowest BCUT2D eigenvalue weighted by atomic mass is 10.0. The van der Waals surface area contributed by atoms with E-state index in [1.54, 1.807) is 21.9 Å². The summed E-state index contributed by atoms with van der Waals surface area (Å²) in [7, 11) is 0. The molecule has 196 valence electrons. The van der Waals surface area contributed by atoms with Crippen LogP contribution in [0.15, 0.2) is 52.4 Å². The molecule has 0 aliphatic carbocycles. The van der Waals surface area contributed by atoms with Gasteiger partial charge in [0.25, 0.3) is 11.1 Å². The number of alkyl halides is 3. The average Bonchev–Trinajstić information content (AvgIpc) is 2.82. The minimum atomic E-state index is -4.74. The number of nitrogen functional groups attached to an aromatic ring is 2. The van der Waals surface area contributed by atoms with Gasteiger partial charge in [0.15, 0.2) is 0 Å². The Kier molecular flexibility index (Phi) is 8.25. The molecule has 0 fully saturated rings. The number of nitrogens with one attached hydrogen (secondary N) is 1. The van der Waals surface area contributed by atoms with E-state index in [2.05, 4.69) is 17.0 Å². The summed E-state index contributed by atoms with van der Waals surface area (Å²) in [5.41, 5.74) is 6.85. The molecule has 3 aromatic heterocycles. The number of benzene rings is 1. The molecule has 0 amide bonds. The number of nitrogens with zero attached hydrogens (tertiary/aromatic N) is 3. The first kappa shape index (κ1) is 27.3. The molecule has 0 saturated heterocycles. The lowest BCUT2D eigenvalue weighted by molar-refractivity contribution is -0.138. The number of aromatic amines is 1. The van der Waals surface area contributed by atoms with Gasteiger partial charge in [-0.3, -0.25) is 14.6 Å². The number of fused-ring (bicyclic) bond motifs is 1. The molecule has 5 N–H and O–H groups in total.